The molecule has 5 nitrogen and oxygen atoms in total. The van der Waals surface area contributed by atoms with E-state index in [1.54, 1.807) is 19.1 Å². The summed E-state index contributed by atoms with van der Waals surface area (Å²) in [4.78, 5) is 12.4. The second kappa shape index (κ2) is 5.61. The van der Waals surface area contributed by atoms with Crippen molar-refractivity contribution < 1.29 is 9.66 Å². The van der Waals surface area contributed by atoms with Crippen LogP contribution in [0.3, 0.4) is 0 Å². The van der Waals surface area contributed by atoms with Gasteiger partial charge < -0.3 is 9.64 Å². The minimum absolute atomic E-state index is 0.0967. The zero-order valence-corrected chi connectivity index (χ0v) is 11.7. The van der Waals surface area contributed by atoms with Crippen LogP contribution in [0, 0.1) is 17.0 Å². The first-order valence-corrected chi connectivity index (χ1v) is 6.17. The largest absolute Gasteiger partial charge is 0.457 e. The Hall–Kier alpha value is -2.56. The predicted octanol–water partition coefficient (Wildman–Crippen LogP) is 3.76. The standard InChI is InChI=1S/C15H16N2O3/c1-11-9-14(7-8-15(11)17(18)19)20-13-6-4-5-12(10-13)16(2)3/h4-10H,1-3H3. The number of benzene rings is 2. The van der Waals surface area contributed by atoms with Crippen molar-refractivity contribution in [1.29, 1.82) is 0 Å². The van der Waals surface area contributed by atoms with Crippen molar-refractivity contribution in [1.82, 2.24) is 0 Å². The molecule has 0 spiro atoms. The second-order valence-corrected chi connectivity index (χ2v) is 4.70. The average molecular weight is 272 g/mol. The van der Waals surface area contributed by atoms with Crippen LogP contribution in [-0.4, -0.2) is 19.0 Å². The van der Waals surface area contributed by atoms with E-state index in [4.69, 9.17) is 4.74 Å². The Morgan fingerprint density at radius 3 is 2.40 bits per heavy atom. The van der Waals surface area contributed by atoms with Crippen LogP contribution in [0.25, 0.3) is 0 Å². The molecule has 0 bridgehead atoms. The average Bonchev–Trinajstić information content (AvgIpc) is 2.38. The van der Waals surface area contributed by atoms with Crippen LogP contribution in [0.15, 0.2) is 42.5 Å². The Morgan fingerprint density at radius 2 is 1.80 bits per heavy atom. The molecular formula is C15H16N2O3. The van der Waals surface area contributed by atoms with Gasteiger partial charge in [0.05, 0.1) is 4.92 Å². The van der Waals surface area contributed by atoms with Crippen molar-refractivity contribution in [3.63, 3.8) is 0 Å². The highest BCUT2D eigenvalue weighted by Gasteiger charge is 2.11. The Labute approximate surface area is 117 Å². The highest BCUT2D eigenvalue weighted by molar-refractivity contribution is 5.51. The molecule has 20 heavy (non-hydrogen) atoms. The zero-order valence-electron chi connectivity index (χ0n) is 11.7. The molecule has 0 aromatic heterocycles. The zero-order chi connectivity index (χ0) is 14.7. The fraction of sp³-hybridized carbons (Fsp3) is 0.200. The number of aryl methyl sites for hydroxylation is 1. The third-order valence-electron chi connectivity index (χ3n) is 2.93. The van der Waals surface area contributed by atoms with E-state index in [2.05, 4.69) is 0 Å². The summed E-state index contributed by atoms with van der Waals surface area (Å²) in [7, 11) is 3.91. The molecule has 0 aliphatic heterocycles. The van der Waals surface area contributed by atoms with Crippen molar-refractivity contribution in [2.45, 2.75) is 6.92 Å². The lowest BCUT2D eigenvalue weighted by atomic mass is 10.2. The summed E-state index contributed by atoms with van der Waals surface area (Å²) in [5.74, 6) is 1.29. The summed E-state index contributed by atoms with van der Waals surface area (Å²) >= 11 is 0. The van der Waals surface area contributed by atoms with Gasteiger partial charge in [-0.2, -0.15) is 0 Å². The van der Waals surface area contributed by atoms with Gasteiger partial charge in [0.25, 0.3) is 5.69 Å². The number of hydrogen-bond acceptors (Lipinski definition) is 4. The Bertz CT molecular complexity index is 639. The van der Waals surface area contributed by atoms with E-state index in [0.717, 1.165) is 5.69 Å². The third-order valence-corrected chi connectivity index (χ3v) is 2.93. The molecule has 0 radical (unpaired) electrons. The van der Waals surface area contributed by atoms with Gasteiger partial charge in [-0.15, -0.1) is 0 Å². The molecule has 0 saturated heterocycles. The van der Waals surface area contributed by atoms with Gasteiger partial charge in [0.2, 0.25) is 0 Å². The van der Waals surface area contributed by atoms with Gasteiger partial charge >= 0.3 is 0 Å². The fourth-order valence-corrected chi connectivity index (χ4v) is 1.86. The van der Waals surface area contributed by atoms with E-state index in [1.807, 2.05) is 43.3 Å². The molecule has 0 aliphatic carbocycles. The molecule has 2 aromatic rings. The fourth-order valence-electron chi connectivity index (χ4n) is 1.86. The van der Waals surface area contributed by atoms with Crippen LogP contribution in [0.5, 0.6) is 11.5 Å². The van der Waals surface area contributed by atoms with Crippen LogP contribution in [-0.2, 0) is 0 Å². The van der Waals surface area contributed by atoms with Crippen LogP contribution in [0.2, 0.25) is 0 Å². The topological polar surface area (TPSA) is 55.6 Å². The summed E-state index contributed by atoms with van der Waals surface area (Å²) in [6, 6.07) is 12.4. The van der Waals surface area contributed by atoms with E-state index in [1.165, 1.54) is 6.07 Å². The van der Waals surface area contributed by atoms with Gasteiger partial charge in [-0.3, -0.25) is 10.1 Å². The molecule has 0 aliphatic rings. The molecule has 2 rings (SSSR count). The summed E-state index contributed by atoms with van der Waals surface area (Å²) in [6.07, 6.45) is 0. The van der Waals surface area contributed by atoms with Gasteiger partial charge in [-0.1, -0.05) is 6.07 Å². The maximum Gasteiger partial charge on any atom is 0.272 e. The number of hydrogen-bond donors (Lipinski definition) is 0. The van der Waals surface area contributed by atoms with Crippen molar-refractivity contribution in [3.05, 3.63) is 58.1 Å². The number of anilines is 1. The van der Waals surface area contributed by atoms with Gasteiger partial charge in [0, 0.05) is 37.5 Å². The first kappa shape index (κ1) is 13.9. The maximum absolute atomic E-state index is 10.8. The van der Waals surface area contributed by atoms with Crippen molar-refractivity contribution in [2.75, 3.05) is 19.0 Å². The van der Waals surface area contributed by atoms with E-state index in [0.29, 0.717) is 17.1 Å². The van der Waals surface area contributed by atoms with Crippen molar-refractivity contribution >= 4 is 11.4 Å². The molecule has 5 heteroatoms. The smallest absolute Gasteiger partial charge is 0.272 e. The van der Waals surface area contributed by atoms with Gasteiger partial charge in [0.1, 0.15) is 11.5 Å². The van der Waals surface area contributed by atoms with Gasteiger partial charge in [0.15, 0.2) is 0 Å². The molecule has 0 heterocycles. The van der Waals surface area contributed by atoms with E-state index in [-0.39, 0.29) is 5.69 Å². The molecule has 0 unspecified atom stereocenters. The quantitative estimate of drug-likeness (QED) is 0.628. The normalized spacial score (nSPS) is 10.2. The minimum Gasteiger partial charge on any atom is -0.457 e. The Kier molecular flexibility index (Phi) is 3.89. The van der Waals surface area contributed by atoms with E-state index in [9.17, 15) is 10.1 Å². The molecule has 2 aromatic carbocycles. The lowest BCUT2D eigenvalue weighted by Gasteiger charge is -2.14. The lowest BCUT2D eigenvalue weighted by molar-refractivity contribution is -0.385. The van der Waals surface area contributed by atoms with Gasteiger partial charge in [-0.25, -0.2) is 0 Å². The first-order chi connectivity index (χ1) is 9.47. The molecule has 104 valence electrons. The van der Waals surface area contributed by atoms with E-state index < -0.39 is 4.92 Å². The second-order valence-electron chi connectivity index (χ2n) is 4.70. The number of ether oxygens (including phenoxy) is 1. The van der Waals surface area contributed by atoms with Crippen LogP contribution in [0.4, 0.5) is 11.4 Å². The van der Waals surface area contributed by atoms with Crippen molar-refractivity contribution in [2.24, 2.45) is 0 Å². The van der Waals surface area contributed by atoms with Crippen molar-refractivity contribution in [3.8, 4) is 11.5 Å². The number of nitro groups is 1. The van der Waals surface area contributed by atoms with Crippen LogP contribution >= 0.6 is 0 Å². The molecule has 0 atom stereocenters. The molecule has 0 N–H and O–H groups in total. The number of nitrogens with zero attached hydrogens (tertiary/aromatic N) is 2. The van der Waals surface area contributed by atoms with Gasteiger partial charge in [-0.05, 0) is 31.2 Å². The summed E-state index contributed by atoms with van der Waals surface area (Å²) in [5.41, 5.74) is 1.71. The summed E-state index contributed by atoms with van der Waals surface area (Å²) < 4.78 is 5.74. The highest BCUT2D eigenvalue weighted by atomic mass is 16.6. The highest BCUT2D eigenvalue weighted by Crippen LogP contribution is 2.28. The molecule has 0 fully saturated rings. The number of nitro benzene ring substituents is 1. The predicted molar refractivity (Wildman–Crippen MR) is 78.7 cm³/mol. The molecule has 0 amide bonds. The minimum atomic E-state index is -0.397. The Balaban J connectivity index is 2.24. The van der Waals surface area contributed by atoms with E-state index >= 15 is 0 Å². The molecule has 0 saturated carbocycles. The first-order valence-electron chi connectivity index (χ1n) is 6.17. The summed E-state index contributed by atoms with van der Waals surface area (Å²) in [5, 5.41) is 10.8. The molecular weight excluding hydrogens is 256 g/mol. The lowest BCUT2D eigenvalue weighted by Crippen LogP contribution is -2.08. The summed E-state index contributed by atoms with van der Waals surface area (Å²) in [6.45, 7) is 1.70. The van der Waals surface area contributed by atoms with Crippen LogP contribution < -0.4 is 9.64 Å². The third kappa shape index (κ3) is 3.06. The SMILES string of the molecule is Cc1cc(Oc2cccc(N(C)C)c2)ccc1[N+](=O)[O-]. The van der Waals surface area contributed by atoms with Crippen LogP contribution in [0.1, 0.15) is 5.56 Å². The monoisotopic (exact) mass is 272 g/mol. The maximum atomic E-state index is 10.8. The Morgan fingerprint density at radius 1 is 1.10 bits per heavy atom. The number of rotatable bonds is 4.